The van der Waals surface area contributed by atoms with E-state index in [4.69, 9.17) is 0 Å². The average Bonchev–Trinajstić information content (AvgIpc) is 2.52. The van der Waals surface area contributed by atoms with Crippen LogP contribution in [0, 0.1) is 11.8 Å². The van der Waals surface area contributed by atoms with Crippen LogP contribution in [0.1, 0.15) is 72.1 Å². The molecule has 0 heterocycles. The molecule has 0 aliphatic heterocycles. The molecule has 136 valence electrons. The lowest BCUT2D eigenvalue weighted by Crippen LogP contribution is -2.29. The third-order valence-corrected chi connectivity index (χ3v) is 4.85. The summed E-state index contributed by atoms with van der Waals surface area (Å²) in [6.07, 6.45) is 7.57. The molecule has 24 heavy (non-hydrogen) atoms. The summed E-state index contributed by atoms with van der Waals surface area (Å²) >= 11 is 0. The quantitative estimate of drug-likeness (QED) is 0.348. The first-order valence-electron chi connectivity index (χ1n) is 9.67. The van der Waals surface area contributed by atoms with Gasteiger partial charge in [-0.15, -0.1) is 0 Å². The van der Waals surface area contributed by atoms with Crippen LogP contribution in [0.3, 0.4) is 0 Å². The summed E-state index contributed by atoms with van der Waals surface area (Å²) in [4.78, 5) is 25.8. The van der Waals surface area contributed by atoms with Crippen LogP contribution in [-0.4, -0.2) is 58.3 Å². The molecule has 0 spiro atoms. The van der Waals surface area contributed by atoms with Gasteiger partial charge in [-0.2, -0.15) is 0 Å². The average molecular weight is 334 g/mol. The molecule has 0 aliphatic rings. The van der Waals surface area contributed by atoms with Gasteiger partial charge in [0.15, 0.2) is 16.0 Å². The monoisotopic (exact) mass is 334 g/mol. The fourth-order valence-corrected chi connectivity index (χ4v) is 2.62. The van der Waals surface area contributed by atoms with Crippen molar-refractivity contribution in [1.29, 1.82) is 0 Å². The van der Waals surface area contributed by atoms with Crippen LogP contribution in [0.4, 0.5) is 0 Å². The van der Waals surface area contributed by atoms with E-state index in [-0.39, 0.29) is 11.8 Å². The molecule has 0 fully saturated rings. The number of Topliss-reactive ketones (excluding diaryl/α,β-unsaturated/α-hetero) is 1. The van der Waals surface area contributed by atoms with Crippen molar-refractivity contribution in [3.63, 3.8) is 0 Å². The highest BCUT2D eigenvalue weighted by Crippen LogP contribution is 2.15. The van der Waals surface area contributed by atoms with E-state index in [2.05, 4.69) is 34.5 Å². The highest BCUT2D eigenvalue weighted by atomic mass is 16.2. The highest BCUT2D eigenvalue weighted by Gasteiger charge is 2.15. The van der Waals surface area contributed by atoms with Crippen molar-refractivity contribution in [3.8, 4) is 0 Å². The fourth-order valence-electron chi connectivity index (χ4n) is 2.62. The van der Waals surface area contributed by atoms with Crippen molar-refractivity contribution in [3.05, 3.63) is 0 Å². The molecule has 0 radical (unpaired) electrons. The molecule has 0 N–H and O–H groups in total. The SMILES string of the molecule is BN(B)CCCCCC(=O)N(B)CCCCCC(=O)C(C)C(C)C. The van der Waals surface area contributed by atoms with E-state index in [9.17, 15) is 9.59 Å². The lowest BCUT2D eigenvalue weighted by atomic mass is 9.91. The van der Waals surface area contributed by atoms with Crippen LogP contribution < -0.4 is 0 Å². The second-order valence-electron chi connectivity index (χ2n) is 7.74. The standard InChI is InChI=1S/C17H37B3N2O2/c1-14(2)15(3)16(23)10-6-4-8-12-21(18)17(24)11-7-5-9-13-22(19)20/h14-15H,4-13,18-20H2,1-3H3. The van der Waals surface area contributed by atoms with Crippen LogP contribution >= 0.6 is 0 Å². The predicted octanol–water partition coefficient (Wildman–Crippen LogP) is 0.743. The maximum Gasteiger partial charge on any atom is 0.221 e. The van der Waals surface area contributed by atoms with Crippen molar-refractivity contribution in [2.75, 3.05) is 13.1 Å². The Bertz CT molecular complexity index is 366. The molecule has 0 bridgehead atoms. The number of nitrogens with zero attached hydrogens (tertiary/aromatic N) is 2. The van der Waals surface area contributed by atoms with Crippen molar-refractivity contribution >= 4 is 35.6 Å². The third-order valence-electron chi connectivity index (χ3n) is 4.85. The Balaban J connectivity index is 3.65. The van der Waals surface area contributed by atoms with Crippen molar-refractivity contribution in [2.24, 2.45) is 11.8 Å². The summed E-state index contributed by atoms with van der Waals surface area (Å²) in [5, 5.41) is 0. The highest BCUT2D eigenvalue weighted by molar-refractivity contribution is 6.24. The predicted molar refractivity (Wildman–Crippen MR) is 110 cm³/mol. The zero-order chi connectivity index (χ0) is 18.5. The van der Waals surface area contributed by atoms with E-state index in [1.165, 1.54) is 0 Å². The van der Waals surface area contributed by atoms with Gasteiger partial charge in [-0.05, 0) is 38.1 Å². The molecule has 0 rings (SSSR count). The number of unbranched alkanes of at least 4 members (excludes halogenated alkanes) is 4. The maximum absolute atomic E-state index is 12.0. The van der Waals surface area contributed by atoms with Gasteiger partial charge in [0.05, 0.1) is 0 Å². The Hall–Kier alpha value is -0.705. The van der Waals surface area contributed by atoms with Gasteiger partial charge >= 0.3 is 0 Å². The molecule has 0 saturated heterocycles. The molecule has 0 aromatic heterocycles. The van der Waals surface area contributed by atoms with Crippen molar-refractivity contribution < 1.29 is 9.59 Å². The molecule has 1 amide bonds. The molecule has 1 atom stereocenters. The molecule has 0 aromatic carbocycles. The minimum absolute atomic E-state index is 0.168. The normalized spacial score (nSPS) is 12.5. The number of amides is 1. The molecule has 0 saturated carbocycles. The number of hydrogen-bond donors (Lipinski definition) is 0. The van der Waals surface area contributed by atoms with Crippen LogP contribution in [0.5, 0.6) is 0 Å². The zero-order valence-corrected chi connectivity index (χ0v) is 16.9. The van der Waals surface area contributed by atoms with Gasteiger partial charge in [0, 0.05) is 25.3 Å². The summed E-state index contributed by atoms with van der Waals surface area (Å²) in [6.45, 7) is 8.13. The zero-order valence-electron chi connectivity index (χ0n) is 16.9. The van der Waals surface area contributed by atoms with E-state index in [0.29, 0.717) is 24.5 Å². The topological polar surface area (TPSA) is 40.6 Å². The number of rotatable bonds is 14. The lowest BCUT2D eigenvalue weighted by molar-refractivity contribution is -0.127. The van der Waals surface area contributed by atoms with Crippen molar-refractivity contribution in [1.82, 2.24) is 9.53 Å². The van der Waals surface area contributed by atoms with Gasteiger partial charge in [0.25, 0.3) is 0 Å². The van der Waals surface area contributed by atoms with Crippen LogP contribution in [0.2, 0.25) is 0 Å². The van der Waals surface area contributed by atoms with Gasteiger partial charge in [0.1, 0.15) is 5.78 Å². The van der Waals surface area contributed by atoms with E-state index < -0.39 is 0 Å². The Morgan fingerprint density at radius 2 is 1.33 bits per heavy atom. The Morgan fingerprint density at radius 1 is 0.792 bits per heavy atom. The molecular weight excluding hydrogens is 297 g/mol. The van der Waals surface area contributed by atoms with Gasteiger partial charge in [-0.1, -0.05) is 33.6 Å². The van der Waals surface area contributed by atoms with Crippen LogP contribution in [-0.2, 0) is 9.59 Å². The number of carbonyl (C=O) groups is 2. The first-order chi connectivity index (χ1) is 11.3. The van der Waals surface area contributed by atoms with Crippen LogP contribution in [0.25, 0.3) is 0 Å². The van der Waals surface area contributed by atoms with Crippen LogP contribution in [0.15, 0.2) is 0 Å². The molecule has 0 aliphatic carbocycles. The number of ketones is 1. The van der Waals surface area contributed by atoms with E-state index in [0.717, 1.165) is 51.6 Å². The molecule has 7 heteroatoms. The molecule has 0 aromatic rings. The summed E-state index contributed by atoms with van der Waals surface area (Å²) in [5.74, 6) is 1.23. The largest absolute Gasteiger partial charge is 0.396 e. The number of carbonyl (C=O) groups excluding carboxylic acids is 2. The summed E-state index contributed by atoms with van der Waals surface area (Å²) in [5.41, 5.74) is 0. The summed E-state index contributed by atoms with van der Waals surface area (Å²) in [6, 6.07) is 0. The Morgan fingerprint density at radius 3 is 1.88 bits per heavy atom. The summed E-state index contributed by atoms with van der Waals surface area (Å²) < 4.78 is 2.18. The van der Waals surface area contributed by atoms with E-state index >= 15 is 0 Å². The Kier molecular flexibility index (Phi) is 13.2. The van der Waals surface area contributed by atoms with Gasteiger partial charge in [-0.25, -0.2) is 0 Å². The molecular formula is C17H37B3N2O2. The minimum Gasteiger partial charge on any atom is -0.396 e. The molecule has 1 unspecified atom stereocenters. The second kappa shape index (κ2) is 13.6. The minimum atomic E-state index is 0.168. The van der Waals surface area contributed by atoms with Gasteiger partial charge in [-0.3, -0.25) is 9.59 Å². The first kappa shape index (κ1) is 23.3. The summed E-state index contributed by atoms with van der Waals surface area (Å²) in [7, 11) is 6.06. The van der Waals surface area contributed by atoms with Crippen molar-refractivity contribution in [2.45, 2.75) is 72.1 Å². The van der Waals surface area contributed by atoms with E-state index in [1.54, 1.807) is 0 Å². The Labute approximate surface area is 152 Å². The fraction of sp³-hybridized carbons (Fsp3) is 0.882. The van der Waals surface area contributed by atoms with E-state index in [1.807, 2.05) is 19.7 Å². The second-order valence-corrected chi connectivity index (χ2v) is 7.74. The lowest BCUT2D eigenvalue weighted by Gasteiger charge is -2.18. The van der Waals surface area contributed by atoms with Gasteiger partial charge < -0.3 is 9.53 Å². The third kappa shape index (κ3) is 11.8. The van der Waals surface area contributed by atoms with Gasteiger partial charge in [0.2, 0.25) is 13.9 Å². The maximum atomic E-state index is 12.0. The smallest absolute Gasteiger partial charge is 0.221 e. The molecule has 4 nitrogen and oxygen atoms in total. The number of hydrogen-bond acceptors (Lipinski definition) is 3. The first-order valence-corrected chi connectivity index (χ1v) is 9.67.